The van der Waals surface area contributed by atoms with E-state index in [4.69, 9.17) is 9.47 Å². The average molecular weight is 285 g/mol. The Labute approximate surface area is 121 Å². The maximum atomic E-state index is 12.4. The van der Waals surface area contributed by atoms with E-state index in [1.54, 1.807) is 31.7 Å². The molecule has 0 bridgehead atoms. The Morgan fingerprint density at radius 2 is 2.10 bits per heavy atom. The SMILES string of the molecule is C=CC[C@@H]1[C@H]([C@@H](C)O)OC(C)(C)N1C(=O)OC(C)(C)C. The van der Waals surface area contributed by atoms with Crippen LogP contribution in [0.5, 0.6) is 0 Å². The van der Waals surface area contributed by atoms with Crippen LogP contribution < -0.4 is 0 Å². The number of rotatable bonds is 3. The second-order valence-electron chi connectivity index (χ2n) is 6.71. The molecule has 116 valence electrons. The van der Waals surface area contributed by atoms with E-state index >= 15 is 0 Å². The third-order valence-electron chi connectivity index (χ3n) is 3.19. The van der Waals surface area contributed by atoms with Gasteiger partial charge in [-0.2, -0.15) is 0 Å². The Morgan fingerprint density at radius 3 is 2.50 bits per heavy atom. The van der Waals surface area contributed by atoms with E-state index in [-0.39, 0.29) is 6.04 Å². The van der Waals surface area contributed by atoms with Crippen LogP contribution in [0, 0.1) is 0 Å². The van der Waals surface area contributed by atoms with E-state index in [0.29, 0.717) is 6.42 Å². The zero-order valence-corrected chi connectivity index (χ0v) is 13.3. The fourth-order valence-electron chi connectivity index (χ4n) is 2.51. The summed E-state index contributed by atoms with van der Waals surface area (Å²) >= 11 is 0. The fourth-order valence-corrected chi connectivity index (χ4v) is 2.51. The number of nitrogens with zero attached hydrogens (tertiary/aromatic N) is 1. The van der Waals surface area contributed by atoms with Crippen LogP contribution in [0.1, 0.15) is 48.0 Å². The van der Waals surface area contributed by atoms with Crippen molar-refractivity contribution in [1.82, 2.24) is 4.90 Å². The molecule has 0 radical (unpaired) electrons. The van der Waals surface area contributed by atoms with Gasteiger partial charge in [0, 0.05) is 0 Å². The summed E-state index contributed by atoms with van der Waals surface area (Å²) in [6, 6.07) is -0.280. The summed E-state index contributed by atoms with van der Waals surface area (Å²) in [7, 11) is 0. The van der Waals surface area contributed by atoms with Crippen LogP contribution in [0.15, 0.2) is 12.7 Å². The molecule has 1 aliphatic rings. The lowest BCUT2D eigenvalue weighted by molar-refractivity contribution is -0.1000. The topological polar surface area (TPSA) is 59.0 Å². The summed E-state index contributed by atoms with van der Waals surface area (Å²) < 4.78 is 11.3. The van der Waals surface area contributed by atoms with Gasteiger partial charge in [0.25, 0.3) is 0 Å². The van der Waals surface area contributed by atoms with Gasteiger partial charge in [0.05, 0.1) is 12.1 Å². The van der Waals surface area contributed by atoms with E-state index in [2.05, 4.69) is 6.58 Å². The summed E-state index contributed by atoms with van der Waals surface area (Å²) in [6.45, 7) is 14.5. The van der Waals surface area contributed by atoms with Crippen molar-refractivity contribution in [2.24, 2.45) is 0 Å². The largest absolute Gasteiger partial charge is 0.444 e. The van der Waals surface area contributed by atoms with Crippen molar-refractivity contribution < 1.29 is 19.4 Å². The van der Waals surface area contributed by atoms with Gasteiger partial charge in [-0.05, 0) is 48.0 Å². The van der Waals surface area contributed by atoms with Crippen LogP contribution in [-0.4, -0.2) is 45.7 Å². The smallest absolute Gasteiger partial charge is 0.412 e. The molecule has 5 nitrogen and oxygen atoms in total. The molecule has 1 saturated heterocycles. The number of carbonyl (C=O) groups excluding carboxylic acids is 1. The van der Waals surface area contributed by atoms with Crippen LogP contribution in [-0.2, 0) is 9.47 Å². The quantitative estimate of drug-likeness (QED) is 0.810. The first-order valence-electron chi connectivity index (χ1n) is 6.98. The summed E-state index contributed by atoms with van der Waals surface area (Å²) in [5, 5.41) is 9.88. The number of aliphatic hydroxyl groups is 1. The Bertz CT molecular complexity index is 371. The summed E-state index contributed by atoms with van der Waals surface area (Å²) in [4.78, 5) is 14.0. The van der Waals surface area contributed by atoms with Gasteiger partial charge < -0.3 is 14.6 Å². The predicted molar refractivity (Wildman–Crippen MR) is 77.3 cm³/mol. The monoisotopic (exact) mass is 285 g/mol. The third kappa shape index (κ3) is 3.73. The number of aliphatic hydroxyl groups excluding tert-OH is 1. The van der Waals surface area contributed by atoms with Crippen molar-refractivity contribution in [2.45, 2.75) is 77.5 Å². The number of carbonyl (C=O) groups is 1. The minimum absolute atomic E-state index is 0.280. The lowest BCUT2D eigenvalue weighted by Gasteiger charge is -2.35. The molecule has 1 amide bonds. The van der Waals surface area contributed by atoms with Gasteiger partial charge in [-0.25, -0.2) is 4.79 Å². The minimum Gasteiger partial charge on any atom is -0.444 e. The second-order valence-corrected chi connectivity index (χ2v) is 6.71. The molecular formula is C15H27NO4. The Morgan fingerprint density at radius 1 is 1.55 bits per heavy atom. The van der Waals surface area contributed by atoms with Crippen molar-refractivity contribution in [3.05, 3.63) is 12.7 Å². The van der Waals surface area contributed by atoms with Crippen molar-refractivity contribution in [2.75, 3.05) is 0 Å². The molecule has 5 heteroatoms. The normalized spacial score (nSPS) is 27.2. The molecule has 0 aliphatic carbocycles. The zero-order chi connectivity index (χ0) is 15.7. The summed E-state index contributed by atoms with van der Waals surface area (Å²) in [5.74, 6) is 0. The molecule has 0 saturated carbocycles. The van der Waals surface area contributed by atoms with Crippen LogP contribution in [0.4, 0.5) is 4.79 Å². The molecule has 1 aliphatic heterocycles. The highest BCUT2D eigenvalue weighted by molar-refractivity contribution is 5.70. The Hall–Kier alpha value is -1.07. The van der Waals surface area contributed by atoms with Crippen molar-refractivity contribution in [3.63, 3.8) is 0 Å². The Balaban J connectivity index is 3.05. The van der Waals surface area contributed by atoms with Gasteiger partial charge in [0.15, 0.2) is 0 Å². The first-order chi connectivity index (χ1) is 8.99. The molecular weight excluding hydrogens is 258 g/mol. The summed E-state index contributed by atoms with van der Waals surface area (Å²) in [6.07, 6.45) is 0.708. The molecule has 1 heterocycles. The van der Waals surface area contributed by atoms with E-state index in [0.717, 1.165) is 0 Å². The zero-order valence-electron chi connectivity index (χ0n) is 13.3. The molecule has 0 aromatic carbocycles. The van der Waals surface area contributed by atoms with Crippen LogP contribution in [0.25, 0.3) is 0 Å². The maximum absolute atomic E-state index is 12.4. The molecule has 1 fully saturated rings. The summed E-state index contributed by atoms with van der Waals surface area (Å²) in [5.41, 5.74) is -1.40. The van der Waals surface area contributed by atoms with Gasteiger partial charge >= 0.3 is 6.09 Å². The van der Waals surface area contributed by atoms with Crippen molar-refractivity contribution >= 4 is 6.09 Å². The third-order valence-corrected chi connectivity index (χ3v) is 3.19. The number of hydrogen-bond acceptors (Lipinski definition) is 4. The molecule has 0 aromatic rings. The lowest BCUT2D eigenvalue weighted by atomic mass is 10.0. The number of amides is 1. The van der Waals surface area contributed by atoms with E-state index in [1.807, 2.05) is 20.8 Å². The van der Waals surface area contributed by atoms with Gasteiger partial charge in [-0.3, -0.25) is 4.90 Å². The number of ether oxygens (including phenoxy) is 2. The predicted octanol–water partition coefficient (Wildman–Crippen LogP) is 2.68. The van der Waals surface area contributed by atoms with Crippen LogP contribution >= 0.6 is 0 Å². The molecule has 1 N–H and O–H groups in total. The average Bonchev–Trinajstić information content (AvgIpc) is 2.48. The molecule has 0 unspecified atom stereocenters. The Kier molecular flexibility index (Phi) is 4.87. The van der Waals surface area contributed by atoms with E-state index in [1.165, 1.54) is 0 Å². The van der Waals surface area contributed by atoms with E-state index in [9.17, 15) is 9.90 Å². The highest BCUT2D eigenvalue weighted by atomic mass is 16.6. The van der Waals surface area contributed by atoms with Crippen molar-refractivity contribution in [3.8, 4) is 0 Å². The first kappa shape index (κ1) is 17.0. The molecule has 0 aromatic heterocycles. The lowest BCUT2D eigenvalue weighted by Crippen LogP contribution is -2.50. The van der Waals surface area contributed by atoms with E-state index < -0.39 is 29.6 Å². The molecule has 1 rings (SSSR count). The van der Waals surface area contributed by atoms with Crippen LogP contribution in [0.2, 0.25) is 0 Å². The highest BCUT2D eigenvalue weighted by Crippen LogP contribution is 2.36. The molecule has 20 heavy (non-hydrogen) atoms. The molecule has 3 atom stereocenters. The van der Waals surface area contributed by atoms with Gasteiger partial charge in [0.1, 0.15) is 17.4 Å². The standard InChI is InChI=1S/C15H27NO4/c1-8-9-11-12(10(2)17)19-15(6,7)16(11)13(18)20-14(3,4)5/h8,10-12,17H,1,9H2,2-7H3/t10-,11-,12+/m1/s1. The number of hydrogen-bond donors (Lipinski definition) is 1. The first-order valence-corrected chi connectivity index (χ1v) is 6.98. The van der Waals surface area contributed by atoms with Crippen LogP contribution in [0.3, 0.4) is 0 Å². The molecule has 0 spiro atoms. The maximum Gasteiger partial charge on any atom is 0.412 e. The van der Waals surface area contributed by atoms with Gasteiger partial charge in [-0.1, -0.05) is 6.08 Å². The second kappa shape index (κ2) is 5.74. The van der Waals surface area contributed by atoms with Gasteiger partial charge in [-0.15, -0.1) is 6.58 Å². The fraction of sp³-hybridized carbons (Fsp3) is 0.800. The van der Waals surface area contributed by atoms with Crippen molar-refractivity contribution in [1.29, 1.82) is 0 Å². The highest BCUT2D eigenvalue weighted by Gasteiger charge is 2.51. The minimum atomic E-state index is -0.822. The van der Waals surface area contributed by atoms with Gasteiger partial charge in [0.2, 0.25) is 0 Å².